The molecule has 0 spiro atoms. The van der Waals surface area contributed by atoms with E-state index in [0.717, 1.165) is 12.8 Å². The summed E-state index contributed by atoms with van der Waals surface area (Å²) in [6.07, 6.45) is 4.00. The van der Waals surface area contributed by atoms with Crippen LogP contribution >= 0.6 is 0 Å². The summed E-state index contributed by atoms with van der Waals surface area (Å²) >= 11 is 0. The van der Waals surface area contributed by atoms with E-state index in [9.17, 15) is 4.79 Å². The number of carbonyl (C=O) groups excluding carboxylic acids is 1. The number of rotatable bonds is 4. The van der Waals surface area contributed by atoms with E-state index in [2.05, 4.69) is 11.9 Å². The van der Waals surface area contributed by atoms with Crippen LogP contribution in [0.5, 0.6) is 0 Å². The van der Waals surface area contributed by atoms with E-state index in [0.29, 0.717) is 6.42 Å². The smallest absolute Gasteiger partial charge is 0.211 e. The summed E-state index contributed by atoms with van der Waals surface area (Å²) in [7, 11) is 0. The first kappa shape index (κ1) is 9.38. The minimum absolute atomic E-state index is 0.234. The first-order valence-electron chi connectivity index (χ1n) is 3.63. The molecule has 0 aromatic heterocycles. The Bertz CT molecular complexity index is 124. The summed E-state index contributed by atoms with van der Waals surface area (Å²) in [6.45, 7) is 7.76. The van der Waals surface area contributed by atoms with Crippen LogP contribution in [-0.2, 0) is 4.79 Å². The van der Waals surface area contributed by atoms with Gasteiger partial charge in [-0.3, -0.25) is 0 Å². The molecule has 10 heavy (non-hydrogen) atoms. The van der Waals surface area contributed by atoms with Gasteiger partial charge in [-0.05, 0) is 19.3 Å². The van der Waals surface area contributed by atoms with Crippen molar-refractivity contribution in [1.82, 2.24) is 0 Å². The van der Waals surface area contributed by atoms with Crippen molar-refractivity contribution in [3.05, 3.63) is 6.92 Å². The summed E-state index contributed by atoms with van der Waals surface area (Å²) in [5.74, 6) is 0. The second-order valence-electron chi connectivity index (χ2n) is 2.38. The van der Waals surface area contributed by atoms with E-state index in [1.54, 1.807) is 6.08 Å². The monoisotopic (exact) mass is 140 g/mol. The topological polar surface area (TPSA) is 29.4 Å². The molecule has 0 bridgehead atoms. The number of hydrogen-bond acceptors (Lipinski definition) is 2. The van der Waals surface area contributed by atoms with E-state index in [1.165, 1.54) is 0 Å². The van der Waals surface area contributed by atoms with E-state index in [1.807, 2.05) is 13.8 Å². The molecule has 0 N–H and O–H groups in total. The normalized spacial score (nSPS) is 10.7. The third kappa shape index (κ3) is 1.96. The van der Waals surface area contributed by atoms with Crippen LogP contribution in [0.15, 0.2) is 4.99 Å². The lowest BCUT2D eigenvalue weighted by Crippen LogP contribution is -2.22. The van der Waals surface area contributed by atoms with E-state index >= 15 is 0 Å². The first-order chi connectivity index (χ1) is 4.74. The third-order valence-corrected chi connectivity index (χ3v) is 2.06. The van der Waals surface area contributed by atoms with Gasteiger partial charge in [-0.1, -0.05) is 20.8 Å². The zero-order chi connectivity index (χ0) is 8.04. The average Bonchev–Trinajstić information content (AvgIpc) is 2.01. The lowest BCUT2D eigenvalue weighted by molar-refractivity contribution is 0.398. The average molecular weight is 140 g/mol. The molecule has 0 saturated carbocycles. The number of aliphatic imine (C=N–C) groups is 1. The number of hydrogen-bond donors (Lipinski definition) is 0. The largest absolute Gasteiger partial charge is 0.235 e. The summed E-state index contributed by atoms with van der Waals surface area (Å²) in [4.78, 5) is 13.7. The Balaban J connectivity index is 4.29. The predicted octanol–water partition coefficient (Wildman–Crippen LogP) is 2.11. The second-order valence-corrected chi connectivity index (χ2v) is 2.38. The van der Waals surface area contributed by atoms with Crippen LogP contribution in [0.2, 0.25) is 0 Å². The molecule has 2 nitrogen and oxygen atoms in total. The maximum absolute atomic E-state index is 9.98. The molecule has 0 rings (SSSR count). The maximum atomic E-state index is 9.98. The highest BCUT2D eigenvalue weighted by molar-refractivity contribution is 5.34. The van der Waals surface area contributed by atoms with Gasteiger partial charge in [0, 0.05) is 0 Å². The van der Waals surface area contributed by atoms with Crippen molar-refractivity contribution >= 4 is 6.08 Å². The third-order valence-electron chi connectivity index (χ3n) is 2.06. The van der Waals surface area contributed by atoms with Gasteiger partial charge >= 0.3 is 0 Å². The zero-order valence-electron chi connectivity index (χ0n) is 6.68. The fourth-order valence-corrected chi connectivity index (χ4v) is 0.914. The van der Waals surface area contributed by atoms with Gasteiger partial charge in [-0.25, -0.2) is 4.79 Å². The quantitative estimate of drug-likeness (QED) is 0.434. The Kier molecular flexibility index (Phi) is 3.97. The molecule has 0 amide bonds. The summed E-state index contributed by atoms with van der Waals surface area (Å²) < 4.78 is 0. The van der Waals surface area contributed by atoms with Crippen molar-refractivity contribution in [2.24, 2.45) is 4.99 Å². The fraction of sp³-hybridized carbons (Fsp3) is 0.750. The molecule has 0 saturated heterocycles. The molecular weight excluding hydrogens is 126 g/mol. The van der Waals surface area contributed by atoms with Crippen molar-refractivity contribution in [2.75, 3.05) is 0 Å². The molecule has 0 aliphatic carbocycles. The standard InChI is InChI=1S/C8H14NO/c1-4-8(5-2,6-3)9-7-10/h1,4-6H2,2-3H3. The lowest BCUT2D eigenvalue weighted by atomic mass is 9.91. The SMILES string of the molecule is [CH2]CC(CC)(CC)N=C=O. The van der Waals surface area contributed by atoms with Gasteiger partial charge in [0.05, 0.1) is 5.54 Å². The Morgan fingerprint density at radius 3 is 2.10 bits per heavy atom. The van der Waals surface area contributed by atoms with Crippen LogP contribution in [0.4, 0.5) is 0 Å². The summed E-state index contributed by atoms with van der Waals surface area (Å²) in [5.41, 5.74) is -0.234. The van der Waals surface area contributed by atoms with Crippen LogP contribution in [0.25, 0.3) is 0 Å². The molecule has 0 aliphatic heterocycles. The maximum Gasteiger partial charge on any atom is 0.235 e. The van der Waals surface area contributed by atoms with Gasteiger partial charge in [0.2, 0.25) is 6.08 Å². The lowest BCUT2D eigenvalue weighted by Gasteiger charge is -2.22. The molecule has 0 aliphatic rings. The van der Waals surface area contributed by atoms with Gasteiger partial charge in [0.25, 0.3) is 0 Å². The van der Waals surface area contributed by atoms with E-state index < -0.39 is 0 Å². The highest BCUT2D eigenvalue weighted by Crippen LogP contribution is 2.22. The summed E-state index contributed by atoms with van der Waals surface area (Å²) in [5, 5.41) is 0. The van der Waals surface area contributed by atoms with Crippen molar-refractivity contribution in [3.8, 4) is 0 Å². The molecule has 0 heterocycles. The second kappa shape index (κ2) is 4.24. The van der Waals surface area contributed by atoms with Gasteiger partial charge in [-0.15, -0.1) is 0 Å². The number of nitrogens with zero attached hydrogens (tertiary/aromatic N) is 1. The van der Waals surface area contributed by atoms with Crippen LogP contribution in [-0.4, -0.2) is 11.6 Å². The minimum atomic E-state index is -0.234. The van der Waals surface area contributed by atoms with E-state index in [-0.39, 0.29) is 5.54 Å². The fourth-order valence-electron chi connectivity index (χ4n) is 0.914. The molecule has 0 atom stereocenters. The predicted molar refractivity (Wildman–Crippen MR) is 41.4 cm³/mol. The molecule has 0 aromatic carbocycles. The van der Waals surface area contributed by atoms with E-state index in [4.69, 9.17) is 0 Å². The Morgan fingerprint density at radius 2 is 2.00 bits per heavy atom. The number of isocyanates is 1. The van der Waals surface area contributed by atoms with Crippen LogP contribution in [0.1, 0.15) is 33.1 Å². The molecule has 0 fully saturated rings. The van der Waals surface area contributed by atoms with Crippen LogP contribution in [0.3, 0.4) is 0 Å². The Labute approximate surface area is 62.4 Å². The zero-order valence-corrected chi connectivity index (χ0v) is 6.68. The van der Waals surface area contributed by atoms with Gasteiger partial charge in [-0.2, -0.15) is 4.99 Å². The van der Waals surface area contributed by atoms with Crippen LogP contribution < -0.4 is 0 Å². The van der Waals surface area contributed by atoms with Crippen molar-refractivity contribution in [2.45, 2.75) is 38.6 Å². The Morgan fingerprint density at radius 1 is 1.50 bits per heavy atom. The molecular formula is C8H14NO. The highest BCUT2D eigenvalue weighted by Gasteiger charge is 2.21. The van der Waals surface area contributed by atoms with Gasteiger partial charge in [0.15, 0.2) is 0 Å². The van der Waals surface area contributed by atoms with Gasteiger partial charge < -0.3 is 0 Å². The van der Waals surface area contributed by atoms with Crippen molar-refractivity contribution in [1.29, 1.82) is 0 Å². The van der Waals surface area contributed by atoms with Crippen LogP contribution in [0, 0.1) is 6.92 Å². The van der Waals surface area contributed by atoms with Crippen molar-refractivity contribution in [3.63, 3.8) is 0 Å². The molecule has 57 valence electrons. The van der Waals surface area contributed by atoms with Crippen molar-refractivity contribution < 1.29 is 4.79 Å². The minimum Gasteiger partial charge on any atom is -0.211 e. The molecule has 0 unspecified atom stereocenters. The molecule has 2 heteroatoms. The molecule has 1 radical (unpaired) electrons. The first-order valence-corrected chi connectivity index (χ1v) is 3.63. The highest BCUT2D eigenvalue weighted by atomic mass is 16.1. The van der Waals surface area contributed by atoms with Gasteiger partial charge in [0.1, 0.15) is 0 Å². The molecule has 0 aromatic rings. The summed E-state index contributed by atoms with van der Waals surface area (Å²) in [6, 6.07) is 0. The Hall–Kier alpha value is -0.620.